The molecule has 2 N–H and O–H groups in total. The van der Waals surface area contributed by atoms with Crippen molar-refractivity contribution in [2.24, 2.45) is 5.73 Å². The Morgan fingerprint density at radius 2 is 2.09 bits per heavy atom. The minimum absolute atomic E-state index is 0.197. The molecule has 65 valence electrons. The van der Waals surface area contributed by atoms with Crippen molar-refractivity contribution in [3.05, 3.63) is 6.42 Å². The van der Waals surface area contributed by atoms with Crippen LogP contribution in [0.4, 0.5) is 0 Å². The average Bonchev–Trinajstić information content (AvgIpc) is 1.96. The van der Waals surface area contributed by atoms with Crippen LogP contribution in [0.15, 0.2) is 0 Å². The van der Waals surface area contributed by atoms with Gasteiger partial charge in [-0.1, -0.05) is 32.6 Å². The predicted octanol–water partition coefficient (Wildman–Crippen LogP) is 2.04. The van der Waals surface area contributed by atoms with Crippen LogP contribution in [-0.4, -0.2) is 5.91 Å². The molecule has 2 nitrogen and oxygen atoms in total. The van der Waals surface area contributed by atoms with Gasteiger partial charge < -0.3 is 5.73 Å². The molecule has 11 heavy (non-hydrogen) atoms. The highest BCUT2D eigenvalue weighted by Gasteiger charge is 1.93. The molecule has 0 aromatic carbocycles. The Hall–Kier alpha value is -0.530. The first-order chi connectivity index (χ1) is 5.27. The van der Waals surface area contributed by atoms with Gasteiger partial charge in [0.05, 0.1) is 0 Å². The number of rotatable bonds is 7. The van der Waals surface area contributed by atoms with Crippen molar-refractivity contribution < 1.29 is 4.79 Å². The molecule has 0 bridgehead atoms. The fraction of sp³-hybridized carbons (Fsp3) is 0.778. The van der Waals surface area contributed by atoms with Gasteiger partial charge in [0.25, 0.3) is 0 Å². The zero-order valence-electron chi connectivity index (χ0n) is 7.31. The topological polar surface area (TPSA) is 43.1 Å². The second-order valence-electron chi connectivity index (χ2n) is 2.79. The number of carbonyl (C=O) groups is 1. The number of nitrogens with two attached hydrogens (primary N) is 1. The van der Waals surface area contributed by atoms with Crippen molar-refractivity contribution in [3.8, 4) is 0 Å². The van der Waals surface area contributed by atoms with Gasteiger partial charge in [-0.2, -0.15) is 0 Å². The molecule has 0 aliphatic carbocycles. The van der Waals surface area contributed by atoms with E-state index in [9.17, 15) is 4.79 Å². The number of hydrogen-bond acceptors (Lipinski definition) is 1. The van der Waals surface area contributed by atoms with Crippen LogP contribution in [-0.2, 0) is 4.79 Å². The van der Waals surface area contributed by atoms with E-state index in [0.29, 0.717) is 6.42 Å². The molecule has 0 atom stereocenters. The SMILES string of the molecule is CCCCC[CH]CCC(N)=O. The highest BCUT2D eigenvalue weighted by Crippen LogP contribution is 2.04. The highest BCUT2D eigenvalue weighted by molar-refractivity contribution is 5.73. The Kier molecular flexibility index (Phi) is 7.21. The Labute approximate surface area is 69.2 Å². The van der Waals surface area contributed by atoms with Crippen LogP contribution in [0.1, 0.15) is 45.4 Å². The van der Waals surface area contributed by atoms with Gasteiger partial charge in [-0.3, -0.25) is 4.79 Å². The minimum atomic E-state index is -0.197. The second-order valence-corrected chi connectivity index (χ2v) is 2.79. The fourth-order valence-corrected chi connectivity index (χ4v) is 0.927. The first kappa shape index (κ1) is 10.5. The van der Waals surface area contributed by atoms with Crippen LogP contribution in [0, 0.1) is 6.42 Å². The van der Waals surface area contributed by atoms with Crippen molar-refractivity contribution in [1.82, 2.24) is 0 Å². The molecular weight excluding hydrogens is 138 g/mol. The summed E-state index contributed by atoms with van der Waals surface area (Å²) in [6.45, 7) is 2.18. The number of amides is 1. The van der Waals surface area contributed by atoms with Crippen molar-refractivity contribution in [1.29, 1.82) is 0 Å². The van der Waals surface area contributed by atoms with E-state index in [1.54, 1.807) is 0 Å². The van der Waals surface area contributed by atoms with E-state index in [1.807, 2.05) is 0 Å². The Bertz CT molecular complexity index is 102. The first-order valence-electron chi connectivity index (χ1n) is 4.37. The summed E-state index contributed by atoms with van der Waals surface area (Å²) in [6.07, 6.45) is 8.42. The molecule has 0 unspecified atom stereocenters. The van der Waals surface area contributed by atoms with Crippen LogP contribution in [0.3, 0.4) is 0 Å². The molecular formula is C9H18NO. The molecule has 0 heterocycles. The van der Waals surface area contributed by atoms with Crippen LogP contribution < -0.4 is 5.73 Å². The van der Waals surface area contributed by atoms with Gasteiger partial charge in [-0.15, -0.1) is 0 Å². The summed E-state index contributed by atoms with van der Waals surface area (Å²) >= 11 is 0. The lowest BCUT2D eigenvalue weighted by Crippen LogP contribution is -2.09. The summed E-state index contributed by atoms with van der Waals surface area (Å²) in [5.74, 6) is -0.197. The summed E-state index contributed by atoms with van der Waals surface area (Å²) in [7, 11) is 0. The molecule has 1 amide bonds. The molecule has 0 aromatic rings. The average molecular weight is 156 g/mol. The van der Waals surface area contributed by atoms with Crippen LogP contribution >= 0.6 is 0 Å². The maximum Gasteiger partial charge on any atom is 0.217 e. The Morgan fingerprint density at radius 1 is 1.36 bits per heavy atom. The lowest BCUT2D eigenvalue weighted by atomic mass is 10.1. The van der Waals surface area contributed by atoms with E-state index in [4.69, 9.17) is 5.73 Å². The minimum Gasteiger partial charge on any atom is -0.370 e. The molecule has 0 saturated heterocycles. The third-order valence-electron chi connectivity index (χ3n) is 1.61. The maximum absolute atomic E-state index is 10.3. The lowest BCUT2D eigenvalue weighted by molar-refractivity contribution is -0.118. The van der Waals surface area contributed by atoms with E-state index in [-0.39, 0.29) is 5.91 Å². The van der Waals surface area contributed by atoms with Crippen molar-refractivity contribution in [3.63, 3.8) is 0 Å². The Balaban J connectivity index is 2.85. The predicted molar refractivity (Wildman–Crippen MR) is 46.9 cm³/mol. The summed E-state index contributed by atoms with van der Waals surface area (Å²) in [5, 5.41) is 0. The van der Waals surface area contributed by atoms with Gasteiger partial charge in [-0.05, 0) is 12.8 Å². The summed E-state index contributed by atoms with van der Waals surface area (Å²) in [6, 6.07) is 0. The van der Waals surface area contributed by atoms with E-state index >= 15 is 0 Å². The molecule has 0 aliphatic rings. The third kappa shape index (κ3) is 9.47. The van der Waals surface area contributed by atoms with Gasteiger partial charge in [-0.25, -0.2) is 0 Å². The zero-order valence-corrected chi connectivity index (χ0v) is 7.31. The monoisotopic (exact) mass is 156 g/mol. The largest absolute Gasteiger partial charge is 0.370 e. The molecule has 0 fully saturated rings. The van der Waals surface area contributed by atoms with Crippen LogP contribution in [0.2, 0.25) is 0 Å². The van der Waals surface area contributed by atoms with Crippen LogP contribution in [0.25, 0.3) is 0 Å². The molecule has 0 saturated carbocycles. The van der Waals surface area contributed by atoms with Crippen molar-refractivity contribution in [2.45, 2.75) is 45.4 Å². The van der Waals surface area contributed by atoms with Gasteiger partial charge >= 0.3 is 0 Å². The van der Waals surface area contributed by atoms with Crippen LogP contribution in [0.5, 0.6) is 0 Å². The van der Waals surface area contributed by atoms with Crippen molar-refractivity contribution in [2.75, 3.05) is 0 Å². The zero-order chi connectivity index (χ0) is 8.53. The second kappa shape index (κ2) is 7.58. The van der Waals surface area contributed by atoms with E-state index in [1.165, 1.54) is 19.3 Å². The van der Waals surface area contributed by atoms with Gasteiger partial charge in [0.15, 0.2) is 0 Å². The smallest absolute Gasteiger partial charge is 0.217 e. The Morgan fingerprint density at radius 3 is 2.64 bits per heavy atom. The van der Waals surface area contributed by atoms with E-state index < -0.39 is 0 Å². The van der Waals surface area contributed by atoms with Crippen molar-refractivity contribution >= 4 is 5.91 Å². The maximum atomic E-state index is 10.3. The number of hydrogen-bond donors (Lipinski definition) is 1. The van der Waals surface area contributed by atoms with Gasteiger partial charge in [0, 0.05) is 6.42 Å². The third-order valence-corrected chi connectivity index (χ3v) is 1.61. The van der Waals surface area contributed by atoms with E-state index in [0.717, 1.165) is 12.8 Å². The van der Waals surface area contributed by atoms with E-state index in [2.05, 4.69) is 13.3 Å². The molecule has 0 spiro atoms. The standard InChI is InChI=1S/C9H18NO/c1-2-3-4-5-6-7-8-9(10)11/h6H,2-5,7-8H2,1H3,(H2,10,11). The van der Waals surface area contributed by atoms with Gasteiger partial charge in [0.2, 0.25) is 5.91 Å². The number of primary amides is 1. The molecule has 0 aliphatic heterocycles. The lowest BCUT2D eigenvalue weighted by Gasteiger charge is -1.97. The summed E-state index contributed by atoms with van der Waals surface area (Å²) in [4.78, 5) is 10.3. The summed E-state index contributed by atoms with van der Waals surface area (Å²) in [5.41, 5.74) is 4.97. The first-order valence-corrected chi connectivity index (χ1v) is 4.37. The normalized spacial score (nSPS) is 9.91. The molecule has 1 radical (unpaired) electrons. The highest BCUT2D eigenvalue weighted by atomic mass is 16.1. The fourth-order valence-electron chi connectivity index (χ4n) is 0.927. The number of unbranched alkanes of at least 4 members (excludes halogenated alkanes) is 5. The van der Waals surface area contributed by atoms with Gasteiger partial charge in [0.1, 0.15) is 0 Å². The summed E-state index contributed by atoms with van der Waals surface area (Å²) < 4.78 is 0. The quantitative estimate of drug-likeness (QED) is 0.563. The number of carbonyl (C=O) groups excluding carboxylic acids is 1. The molecule has 0 aromatic heterocycles. The molecule has 2 heteroatoms. The molecule has 0 rings (SSSR count).